The normalized spacial score (nSPS) is 10.6. The molecular formula is C16H17N5OS2. The molecule has 24 heavy (non-hydrogen) atoms. The van der Waals surface area contributed by atoms with Crippen molar-refractivity contribution in [2.24, 2.45) is 0 Å². The minimum atomic E-state index is -0.118. The Morgan fingerprint density at radius 3 is 2.83 bits per heavy atom. The third-order valence-corrected chi connectivity index (χ3v) is 4.80. The molecule has 3 heterocycles. The van der Waals surface area contributed by atoms with Gasteiger partial charge in [-0.15, -0.1) is 22.7 Å². The number of carbonyl (C=O) groups excluding carboxylic acids is 1. The largest absolute Gasteiger partial charge is 0.316 e. The number of aryl methyl sites for hydroxylation is 2. The van der Waals surface area contributed by atoms with Crippen LogP contribution in [0.4, 0.5) is 16.1 Å². The molecule has 3 aromatic rings. The Morgan fingerprint density at radius 1 is 1.21 bits per heavy atom. The van der Waals surface area contributed by atoms with E-state index in [-0.39, 0.29) is 12.3 Å². The summed E-state index contributed by atoms with van der Waals surface area (Å²) in [5.74, 6) is 0.644. The number of nitrogens with zero attached hydrogens (tertiary/aromatic N) is 3. The Hall–Kier alpha value is -2.32. The van der Waals surface area contributed by atoms with Gasteiger partial charge in [0.1, 0.15) is 5.82 Å². The lowest BCUT2D eigenvalue weighted by Gasteiger charge is -2.03. The maximum absolute atomic E-state index is 12.0. The van der Waals surface area contributed by atoms with Crippen LogP contribution in [0.25, 0.3) is 0 Å². The zero-order chi connectivity index (χ0) is 16.9. The minimum absolute atomic E-state index is 0.118. The van der Waals surface area contributed by atoms with Crippen molar-refractivity contribution in [3.63, 3.8) is 0 Å². The van der Waals surface area contributed by atoms with Gasteiger partial charge in [-0.05, 0) is 25.5 Å². The van der Waals surface area contributed by atoms with Crippen LogP contribution in [0.1, 0.15) is 23.2 Å². The number of hydrogen-bond acceptors (Lipinski definition) is 7. The molecule has 0 saturated heterocycles. The molecule has 0 bridgehead atoms. The second kappa shape index (κ2) is 7.50. The molecule has 0 unspecified atom stereocenters. The van der Waals surface area contributed by atoms with E-state index in [0.29, 0.717) is 5.13 Å². The van der Waals surface area contributed by atoms with Gasteiger partial charge in [-0.25, -0.2) is 15.0 Å². The number of pyridine rings is 1. The highest BCUT2D eigenvalue weighted by atomic mass is 32.1. The first-order valence-corrected chi connectivity index (χ1v) is 9.21. The highest BCUT2D eigenvalue weighted by Gasteiger charge is 2.10. The molecule has 0 aliphatic carbocycles. The van der Waals surface area contributed by atoms with E-state index in [9.17, 15) is 4.79 Å². The lowest BCUT2D eigenvalue weighted by molar-refractivity contribution is -0.115. The smallest absolute Gasteiger partial charge is 0.232 e. The van der Waals surface area contributed by atoms with E-state index < -0.39 is 0 Å². The van der Waals surface area contributed by atoms with Crippen LogP contribution < -0.4 is 10.6 Å². The Bertz CT molecular complexity index is 842. The van der Waals surface area contributed by atoms with E-state index in [0.717, 1.165) is 33.6 Å². The summed E-state index contributed by atoms with van der Waals surface area (Å²) < 4.78 is 0. The first-order valence-electron chi connectivity index (χ1n) is 7.52. The van der Waals surface area contributed by atoms with Gasteiger partial charge in [-0.2, -0.15) is 0 Å². The molecule has 0 fully saturated rings. The highest BCUT2D eigenvalue weighted by molar-refractivity contribution is 7.15. The quantitative estimate of drug-likeness (QED) is 0.700. The van der Waals surface area contributed by atoms with Gasteiger partial charge < -0.3 is 10.6 Å². The second-order valence-electron chi connectivity index (χ2n) is 5.14. The molecule has 2 N–H and O–H groups in total. The third-order valence-electron chi connectivity index (χ3n) is 3.17. The fourth-order valence-corrected chi connectivity index (χ4v) is 3.44. The maximum atomic E-state index is 12.0. The lowest BCUT2D eigenvalue weighted by Crippen LogP contribution is -2.14. The summed E-state index contributed by atoms with van der Waals surface area (Å²) in [5, 5.41) is 9.18. The van der Waals surface area contributed by atoms with Crippen molar-refractivity contribution in [3.8, 4) is 0 Å². The monoisotopic (exact) mass is 359 g/mol. The van der Waals surface area contributed by atoms with Crippen LogP contribution in [0, 0.1) is 6.92 Å². The Morgan fingerprint density at radius 2 is 2.08 bits per heavy atom. The van der Waals surface area contributed by atoms with E-state index >= 15 is 0 Å². The van der Waals surface area contributed by atoms with E-state index in [1.165, 1.54) is 22.7 Å². The lowest BCUT2D eigenvalue weighted by atomic mass is 10.3. The number of rotatable bonds is 6. The van der Waals surface area contributed by atoms with Crippen molar-refractivity contribution in [1.82, 2.24) is 15.0 Å². The summed E-state index contributed by atoms with van der Waals surface area (Å²) in [6.07, 6.45) is 2.84. The van der Waals surface area contributed by atoms with Crippen molar-refractivity contribution in [2.45, 2.75) is 26.7 Å². The topological polar surface area (TPSA) is 79.8 Å². The van der Waals surface area contributed by atoms with Crippen molar-refractivity contribution >= 4 is 44.7 Å². The van der Waals surface area contributed by atoms with E-state index in [1.807, 2.05) is 30.5 Å². The van der Waals surface area contributed by atoms with Gasteiger partial charge in [0, 0.05) is 22.1 Å². The van der Waals surface area contributed by atoms with Gasteiger partial charge in [-0.3, -0.25) is 4.79 Å². The minimum Gasteiger partial charge on any atom is -0.316 e. The van der Waals surface area contributed by atoms with E-state index in [2.05, 4.69) is 32.5 Å². The average Bonchev–Trinajstić information content (AvgIpc) is 3.16. The van der Waals surface area contributed by atoms with Gasteiger partial charge in [0.15, 0.2) is 10.3 Å². The van der Waals surface area contributed by atoms with Gasteiger partial charge >= 0.3 is 0 Å². The van der Waals surface area contributed by atoms with E-state index in [1.54, 1.807) is 6.20 Å². The predicted octanol–water partition coefficient (Wildman–Crippen LogP) is 3.79. The summed E-state index contributed by atoms with van der Waals surface area (Å²) in [4.78, 5) is 26.1. The van der Waals surface area contributed by atoms with Gasteiger partial charge in [0.05, 0.1) is 12.1 Å². The molecule has 8 heteroatoms. The molecule has 0 aliphatic rings. The predicted molar refractivity (Wildman–Crippen MR) is 98.2 cm³/mol. The Balaban J connectivity index is 1.59. The number of nitrogens with one attached hydrogen (secondary N) is 2. The van der Waals surface area contributed by atoms with Crippen LogP contribution in [0.3, 0.4) is 0 Å². The zero-order valence-electron chi connectivity index (χ0n) is 13.4. The first-order chi connectivity index (χ1) is 11.6. The zero-order valence-corrected chi connectivity index (χ0v) is 15.0. The van der Waals surface area contributed by atoms with Crippen molar-refractivity contribution < 1.29 is 4.79 Å². The summed E-state index contributed by atoms with van der Waals surface area (Å²) in [7, 11) is 0. The number of amides is 1. The molecule has 1 amide bonds. The number of anilines is 3. The standard InChI is InChI=1S/C16H17N5OS2/c1-3-11-5-4-6-13(18-11)20-16-19-12(9-23-16)7-14(22)21-15-17-8-10(2)24-15/h4-6,8-9H,3,7H2,1-2H3,(H,17,21,22)(H,18,19,20). The molecule has 0 saturated carbocycles. The fourth-order valence-electron chi connectivity index (χ4n) is 2.04. The molecule has 0 aromatic carbocycles. The van der Waals surface area contributed by atoms with Crippen molar-refractivity contribution in [1.29, 1.82) is 0 Å². The van der Waals surface area contributed by atoms with E-state index in [4.69, 9.17) is 0 Å². The maximum Gasteiger partial charge on any atom is 0.232 e. The van der Waals surface area contributed by atoms with Gasteiger partial charge in [-0.1, -0.05) is 13.0 Å². The van der Waals surface area contributed by atoms with Crippen LogP contribution in [0.2, 0.25) is 0 Å². The van der Waals surface area contributed by atoms with Crippen molar-refractivity contribution in [3.05, 3.63) is 46.0 Å². The van der Waals surface area contributed by atoms with Crippen LogP contribution >= 0.6 is 22.7 Å². The summed E-state index contributed by atoms with van der Waals surface area (Å²) >= 11 is 2.91. The second-order valence-corrected chi connectivity index (χ2v) is 7.23. The summed E-state index contributed by atoms with van der Waals surface area (Å²) in [5.41, 5.74) is 1.75. The summed E-state index contributed by atoms with van der Waals surface area (Å²) in [6, 6.07) is 5.85. The van der Waals surface area contributed by atoms with Crippen molar-refractivity contribution in [2.75, 3.05) is 10.6 Å². The Labute approximate surface area is 148 Å². The number of hydrogen-bond donors (Lipinski definition) is 2. The van der Waals surface area contributed by atoms with Gasteiger partial charge in [0.2, 0.25) is 5.91 Å². The Kier molecular flexibility index (Phi) is 5.17. The number of thiazole rings is 2. The van der Waals surface area contributed by atoms with Crippen LogP contribution in [0.15, 0.2) is 29.8 Å². The fraction of sp³-hybridized carbons (Fsp3) is 0.250. The van der Waals surface area contributed by atoms with Crippen LogP contribution in [-0.2, 0) is 17.6 Å². The molecule has 3 aromatic heterocycles. The molecule has 6 nitrogen and oxygen atoms in total. The van der Waals surface area contributed by atoms with Crippen LogP contribution in [0.5, 0.6) is 0 Å². The molecule has 3 rings (SSSR count). The molecule has 0 atom stereocenters. The summed E-state index contributed by atoms with van der Waals surface area (Å²) in [6.45, 7) is 4.02. The molecule has 0 spiro atoms. The average molecular weight is 359 g/mol. The van der Waals surface area contributed by atoms with Gasteiger partial charge in [0.25, 0.3) is 0 Å². The molecule has 0 aliphatic heterocycles. The highest BCUT2D eigenvalue weighted by Crippen LogP contribution is 2.21. The first kappa shape index (κ1) is 16.5. The molecule has 0 radical (unpaired) electrons. The SMILES string of the molecule is CCc1cccc(Nc2nc(CC(=O)Nc3ncc(C)s3)cs2)n1. The molecule has 124 valence electrons. The third kappa shape index (κ3) is 4.36. The van der Waals surface area contributed by atoms with Crippen LogP contribution in [-0.4, -0.2) is 20.9 Å². The molecular weight excluding hydrogens is 342 g/mol. The number of carbonyl (C=O) groups is 1. The number of aromatic nitrogens is 3.